The maximum atomic E-state index is 13.6. The highest BCUT2D eigenvalue weighted by molar-refractivity contribution is 7.92. The number of halogens is 3. The quantitative estimate of drug-likeness (QED) is 0.496. The first-order valence-electron chi connectivity index (χ1n) is 10.6. The number of hydrogen-bond acceptors (Lipinski definition) is 4. The summed E-state index contributed by atoms with van der Waals surface area (Å²) in [5.41, 5.74) is 0.696. The van der Waals surface area contributed by atoms with E-state index in [2.05, 4.69) is 5.32 Å². The third-order valence-electron chi connectivity index (χ3n) is 5.28. The normalized spacial score (nSPS) is 13.1. The molecule has 2 aromatic rings. The largest absolute Gasteiger partial charge is 0.352 e. The van der Waals surface area contributed by atoms with Crippen molar-refractivity contribution in [3.63, 3.8) is 0 Å². The van der Waals surface area contributed by atoms with Crippen molar-refractivity contribution in [3.8, 4) is 0 Å². The second-order valence-electron chi connectivity index (χ2n) is 8.01. The number of benzene rings is 2. The Bertz CT molecular complexity index is 1150. The Balaban J connectivity index is 2.41. The zero-order chi connectivity index (χ0) is 25.6. The van der Waals surface area contributed by atoms with Crippen molar-refractivity contribution in [1.82, 2.24) is 10.2 Å². The molecule has 186 valence electrons. The van der Waals surface area contributed by atoms with Crippen LogP contribution in [0.5, 0.6) is 0 Å². The Labute approximate surface area is 209 Å². The summed E-state index contributed by atoms with van der Waals surface area (Å²) in [6.45, 7) is 4.75. The fourth-order valence-electron chi connectivity index (χ4n) is 3.13. The summed E-state index contributed by atoms with van der Waals surface area (Å²) in [5, 5.41) is 3.02. The van der Waals surface area contributed by atoms with Crippen LogP contribution in [0.15, 0.2) is 42.5 Å². The van der Waals surface area contributed by atoms with E-state index in [9.17, 15) is 22.4 Å². The zero-order valence-electron chi connectivity index (χ0n) is 19.4. The lowest BCUT2D eigenvalue weighted by Crippen LogP contribution is -2.52. The van der Waals surface area contributed by atoms with E-state index in [0.29, 0.717) is 17.0 Å². The molecule has 1 N–H and O–H groups in total. The van der Waals surface area contributed by atoms with Gasteiger partial charge in [0.2, 0.25) is 21.8 Å². The summed E-state index contributed by atoms with van der Waals surface area (Å²) < 4.78 is 39.4. The molecule has 7 nitrogen and oxygen atoms in total. The SMILES string of the molecule is CC[C@@H](C)NC(=O)[C@@H](C)N(Cc1cccc(Cl)c1)C(=O)CN(c1ccc(F)c(Cl)c1)S(C)(=O)=O. The van der Waals surface area contributed by atoms with Crippen molar-refractivity contribution in [1.29, 1.82) is 0 Å². The fraction of sp³-hybridized carbons (Fsp3) is 0.391. The predicted molar refractivity (Wildman–Crippen MR) is 133 cm³/mol. The van der Waals surface area contributed by atoms with Crippen LogP contribution in [0.1, 0.15) is 32.8 Å². The zero-order valence-corrected chi connectivity index (χ0v) is 21.7. The lowest BCUT2D eigenvalue weighted by molar-refractivity contribution is -0.139. The highest BCUT2D eigenvalue weighted by Crippen LogP contribution is 2.25. The number of nitrogens with one attached hydrogen (secondary N) is 1. The lowest BCUT2D eigenvalue weighted by Gasteiger charge is -2.32. The van der Waals surface area contributed by atoms with Gasteiger partial charge in [-0.25, -0.2) is 12.8 Å². The Morgan fingerprint density at radius 2 is 1.79 bits per heavy atom. The van der Waals surface area contributed by atoms with E-state index < -0.39 is 34.3 Å². The topological polar surface area (TPSA) is 86.8 Å². The molecule has 2 amide bonds. The number of sulfonamides is 1. The Morgan fingerprint density at radius 1 is 1.12 bits per heavy atom. The van der Waals surface area contributed by atoms with E-state index in [4.69, 9.17) is 23.2 Å². The van der Waals surface area contributed by atoms with Gasteiger partial charge in [0.25, 0.3) is 0 Å². The molecule has 0 aliphatic heterocycles. The van der Waals surface area contributed by atoms with Crippen LogP contribution in [0.3, 0.4) is 0 Å². The monoisotopic (exact) mass is 531 g/mol. The van der Waals surface area contributed by atoms with Gasteiger partial charge in [0.15, 0.2) is 0 Å². The van der Waals surface area contributed by atoms with E-state index in [0.717, 1.165) is 22.7 Å². The number of rotatable bonds is 10. The van der Waals surface area contributed by atoms with Gasteiger partial charge in [-0.05, 0) is 56.2 Å². The van der Waals surface area contributed by atoms with E-state index in [1.807, 2.05) is 13.8 Å². The molecule has 0 fully saturated rings. The lowest BCUT2D eigenvalue weighted by atomic mass is 10.1. The van der Waals surface area contributed by atoms with Crippen molar-refractivity contribution in [2.45, 2.75) is 45.8 Å². The Morgan fingerprint density at radius 3 is 2.35 bits per heavy atom. The molecular formula is C23H28Cl2FN3O4S. The third-order valence-corrected chi connectivity index (χ3v) is 6.95. The van der Waals surface area contributed by atoms with Crippen molar-refractivity contribution in [2.24, 2.45) is 0 Å². The van der Waals surface area contributed by atoms with Crippen LogP contribution >= 0.6 is 23.2 Å². The van der Waals surface area contributed by atoms with Gasteiger partial charge in [0.05, 0.1) is 17.0 Å². The molecule has 0 saturated carbocycles. The van der Waals surface area contributed by atoms with E-state index in [-0.39, 0.29) is 29.2 Å². The first-order chi connectivity index (χ1) is 15.8. The first-order valence-corrected chi connectivity index (χ1v) is 13.2. The molecule has 0 heterocycles. The van der Waals surface area contributed by atoms with Crippen molar-refractivity contribution in [2.75, 3.05) is 17.1 Å². The van der Waals surface area contributed by atoms with Crippen LogP contribution in [-0.4, -0.2) is 50.0 Å². The highest BCUT2D eigenvalue weighted by atomic mass is 35.5. The average Bonchev–Trinajstić information content (AvgIpc) is 2.76. The molecule has 2 rings (SSSR count). The highest BCUT2D eigenvalue weighted by Gasteiger charge is 2.30. The number of carbonyl (C=O) groups excluding carboxylic acids is 2. The van der Waals surface area contributed by atoms with Gasteiger partial charge in [0.1, 0.15) is 18.4 Å². The minimum absolute atomic E-state index is 0.0241. The summed E-state index contributed by atoms with van der Waals surface area (Å²) in [6.07, 6.45) is 1.63. The molecule has 0 aliphatic carbocycles. The summed E-state index contributed by atoms with van der Waals surface area (Å²) in [5.74, 6) is -1.72. The van der Waals surface area contributed by atoms with Gasteiger partial charge in [-0.1, -0.05) is 42.3 Å². The third kappa shape index (κ3) is 7.58. The number of hydrogen-bond donors (Lipinski definition) is 1. The Hall–Kier alpha value is -2.36. The molecule has 0 saturated heterocycles. The van der Waals surface area contributed by atoms with Crippen LogP contribution in [0.2, 0.25) is 10.0 Å². The number of nitrogens with zero attached hydrogens (tertiary/aromatic N) is 2. The van der Waals surface area contributed by atoms with Crippen LogP contribution < -0.4 is 9.62 Å². The first kappa shape index (κ1) is 27.9. The van der Waals surface area contributed by atoms with Gasteiger partial charge in [-0.3, -0.25) is 13.9 Å². The second kappa shape index (κ2) is 11.9. The molecule has 0 aliphatic rings. The van der Waals surface area contributed by atoms with E-state index >= 15 is 0 Å². The summed E-state index contributed by atoms with van der Waals surface area (Å²) >= 11 is 11.9. The second-order valence-corrected chi connectivity index (χ2v) is 10.8. The molecule has 2 aromatic carbocycles. The summed E-state index contributed by atoms with van der Waals surface area (Å²) in [4.78, 5) is 27.5. The van der Waals surface area contributed by atoms with Crippen molar-refractivity contribution < 1.29 is 22.4 Å². The van der Waals surface area contributed by atoms with Crippen LogP contribution in [-0.2, 0) is 26.2 Å². The van der Waals surface area contributed by atoms with Crippen molar-refractivity contribution >= 4 is 50.7 Å². The standard InChI is InChI=1S/C23H28Cl2FN3O4S/c1-5-15(2)27-23(31)16(3)28(13-17-7-6-8-18(24)11-17)22(30)14-29(34(4,32)33)19-9-10-21(26)20(25)12-19/h6-12,15-16H,5,13-14H2,1-4H3,(H,27,31)/t15-,16-/m1/s1. The molecular weight excluding hydrogens is 504 g/mol. The van der Waals surface area contributed by atoms with Gasteiger partial charge >= 0.3 is 0 Å². The van der Waals surface area contributed by atoms with Crippen molar-refractivity contribution in [3.05, 3.63) is 63.9 Å². The van der Waals surface area contributed by atoms with E-state index in [1.54, 1.807) is 31.2 Å². The minimum atomic E-state index is -3.94. The fourth-order valence-corrected chi connectivity index (χ4v) is 4.36. The van der Waals surface area contributed by atoms with Gasteiger partial charge in [0, 0.05) is 17.6 Å². The minimum Gasteiger partial charge on any atom is -0.352 e. The Kier molecular flexibility index (Phi) is 9.73. The summed E-state index contributed by atoms with van der Waals surface area (Å²) in [6, 6.07) is 9.17. The molecule has 34 heavy (non-hydrogen) atoms. The number of amides is 2. The van der Waals surface area contributed by atoms with Crippen LogP contribution in [0.25, 0.3) is 0 Å². The molecule has 11 heteroatoms. The molecule has 0 radical (unpaired) electrons. The van der Waals surface area contributed by atoms with Crippen LogP contribution in [0.4, 0.5) is 10.1 Å². The maximum Gasteiger partial charge on any atom is 0.244 e. The summed E-state index contributed by atoms with van der Waals surface area (Å²) in [7, 11) is -3.94. The maximum absolute atomic E-state index is 13.6. The predicted octanol–water partition coefficient (Wildman–Crippen LogP) is 4.23. The molecule has 0 bridgehead atoms. The number of anilines is 1. The molecule has 0 spiro atoms. The molecule has 0 unspecified atom stereocenters. The smallest absolute Gasteiger partial charge is 0.244 e. The van der Waals surface area contributed by atoms with Gasteiger partial charge < -0.3 is 10.2 Å². The molecule has 0 aromatic heterocycles. The molecule has 2 atom stereocenters. The van der Waals surface area contributed by atoms with Gasteiger partial charge in [-0.2, -0.15) is 0 Å². The number of carbonyl (C=O) groups is 2. The average molecular weight is 532 g/mol. The van der Waals surface area contributed by atoms with Crippen LogP contribution in [0, 0.1) is 5.82 Å². The van der Waals surface area contributed by atoms with Gasteiger partial charge in [-0.15, -0.1) is 0 Å². The van der Waals surface area contributed by atoms with E-state index in [1.165, 1.54) is 11.0 Å².